The maximum absolute atomic E-state index is 8.96. The Balaban J connectivity index is 2.59. The Kier molecular flexibility index (Phi) is 3.26. The van der Waals surface area contributed by atoms with Crippen LogP contribution in [0, 0.1) is 0 Å². The topological polar surface area (TPSA) is 29.5 Å². The van der Waals surface area contributed by atoms with E-state index >= 15 is 0 Å². The summed E-state index contributed by atoms with van der Waals surface area (Å²) in [6.45, 7) is 3.53. The van der Waals surface area contributed by atoms with Crippen molar-refractivity contribution in [2.24, 2.45) is 0 Å². The Morgan fingerprint density at radius 2 is 1.75 bits per heavy atom. The molecule has 0 fully saturated rings. The summed E-state index contributed by atoms with van der Waals surface area (Å²) < 4.78 is 5.19. The fourth-order valence-electron chi connectivity index (χ4n) is 1.10. The average Bonchev–Trinajstić information content (AvgIpc) is 2.05. The van der Waals surface area contributed by atoms with Gasteiger partial charge in [0.2, 0.25) is 0 Å². The van der Waals surface area contributed by atoms with Crippen LogP contribution in [0.25, 0.3) is 0 Å². The van der Waals surface area contributed by atoms with Crippen LogP contribution in [0.1, 0.15) is 25.5 Å². The molecule has 0 aliphatic heterocycles. The SMILES string of the molecule is CC(O)OC(C)c1ccccc1. The first kappa shape index (κ1) is 9.23. The van der Waals surface area contributed by atoms with Crippen molar-refractivity contribution in [1.29, 1.82) is 0 Å². The van der Waals surface area contributed by atoms with Gasteiger partial charge in [-0.1, -0.05) is 30.3 Å². The standard InChI is InChI=1S/C10H14O2/c1-8(12-9(2)11)10-6-4-3-5-7-10/h3-9,11H,1-2H3. The first-order chi connectivity index (χ1) is 5.70. The second-order valence-electron chi connectivity index (χ2n) is 2.79. The minimum absolute atomic E-state index is 0.0498. The van der Waals surface area contributed by atoms with Crippen molar-refractivity contribution in [3.63, 3.8) is 0 Å². The minimum atomic E-state index is -0.708. The van der Waals surface area contributed by atoms with E-state index in [2.05, 4.69) is 0 Å². The number of aliphatic hydroxyl groups excluding tert-OH is 1. The summed E-state index contributed by atoms with van der Waals surface area (Å²) in [5, 5.41) is 8.96. The van der Waals surface area contributed by atoms with E-state index in [4.69, 9.17) is 9.84 Å². The number of benzene rings is 1. The van der Waals surface area contributed by atoms with Crippen LogP contribution in [0.4, 0.5) is 0 Å². The van der Waals surface area contributed by atoms with Crippen LogP contribution in [0.5, 0.6) is 0 Å². The molecule has 0 aromatic heterocycles. The molecule has 0 aliphatic carbocycles. The highest BCUT2D eigenvalue weighted by Gasteiger charge is 2.06. The largest absolute Gasteiger partial charge is 0.368 e. The molecule has 2 atom stereocenters. The molecule has 0 amide bonds. The Hall–Kier alpha value is -0.860. The monoisotopic (exact) mass is 166 g/mol. The molecule has 0 heterocycles. The van der Waals surface area contributed by atoms with Gasteiger partial charge in [-0.3, -0.25) is 0 Å². The van der Waals surface area contributed by atoms with Gasteiger partial charge < -0.3 is 9.84 Å². The van der Waals surface area contributed by atoms with Crippen molar-refractivity contribution in [3.8, 4) is 0 Å². The van der Waals surface area contributed by atoms with Crippen LogP contribution in [0.3, 0.4) is 0 Å². The van der Waals surface area contributed by atoms with Gasteiger partial charge in [-0.25, -0.2) is 0 Å². The highest BCUT2D eigenvalue weighted by Crippen LogP contribution is 2.16. The van der Waals surface area contributed by atoms with E-state index in [0.717, 1.165) is 5.56 Å². The Labute approximate surface area is 72.8 Å². The first-order valence-electron chi connectivity index (χ1n) is 4.08. The molecule has 0 radical (unpaired) electrons. The van der Waals surface area contributed by atoms with Gasteiger partial charge in [0, 0.05) is 0 Å². The maximum Gasteiger partial charge on any atom is 0.152 e. The summed E-state index contributed by atoms with van der Waals surface area (Å²) in [5.74, 6) is 0. The molecule has 1 N–H and O–H groups in total. The third-order valence-electron chi connectivity index (χ3n) is 1.67. The summed E-state index contributed by atoms with van der Waals surface area (Å²) in [7, 11) is 0. The molecule has 0 saturated heterocycles. The fraction of sp³-hybridized carbons (Fsp3) is 0.400. The molecule has 1 aromatic rings. The van der Waals surface area contributed by atoms with E-state index in [0.29, 0.717) is 0 Å². The quantitative estimate of drug-likeness (QED) is 0.697. The van der Waals surface area contributed by atoms with E-state index in [1.807, 2.05) is 37.3 Å². The van der Waals surface area contributed by atoms with Crippen LogP contribution in [0.15, 0.2) is 30.3 Å². The van der Waals surface area contributed by atoms with Gasteiger partial charge in [0.05, 0.1) is 6.10 Å². The molecule has 0 spiro atoms. The molecule has 0 aliphatic rings. The highest BCUT2D eigenvalue weighted by atomic mass is 16.6. The Bertz CT molecular complexity index is 219. The van der Waals surface area contributed by atoms with Gasteiger partial charge in [0.1, 0.15) is 0 Å². The summed E-state index contributed by atoms with van der Waals surface area (Å²) in [4.78, 5) is 0. The lowest BCUT2D eigenvalue weighted by Gasteiger charge is -2.14. The third kappa shape index (κ3) is 2.64. The van der Waals surface area contributed by atoms with Gasteiger partial charge in [0.15, 0.2) is 6.29 Å². The molecule has 2 heteroatoms. The summed E-state index contributed by atoms with van der Waals surface area (Å²) >= 11 is 0. The van der Waals surface area contributed by atoms with Gasteiger partial charge in [-0.05, 0) is 19.4 Å². The molecular weight excluding hydrogens is 152 g/mol. The number of rotatable bonds is 3. The summed E-state index contributed by atoms with van der Waals surface area (Å²) in [6, 6.07) is 9.83. The zero-order chi connectivity index (χ0) is 8.97. The minimum Gasteiger partial charge on any atom is -0.368 e. The van der Waals surface area contributed by atoms with Crippen LogP contribution < -0.4 is 0 Å². The van der Waals surface area contributed by atoms with E-state index in [1.165, 1.54) is 0 Å². The summed E-state index contributed by atoms with van der Waals surface area (Å²) in [6.07, 6.45) is -0.758. The first-order valence-corrected chi connectivity index (χ1v) is 4.08. The molecule has 0 saturated carbocycles. The van der Waals surface area contributed by atoms with Gasteiger partial charge in [-0.15, -0.1) is 0 Å². The van der Waals surface area contributed by atoms with Crippen molar-refractivity contribution < 1.29 is 9.84 Å². The molecule has 2 unspecified atom stereocenters. The number of ether oxygens (including phenoxy) is 1. The predicted molar refractivity (Wildman–Crippen MR) is 47.6 cm³/mol. The zero-order valence-corrected chi connectivity index (χ0v) is 7.40. The lowest BCUT2D eigenvalue weighted by molar-refractivity contribution is -0.119. The van der Waals surface area contributed by atoms with Crippen molar-refractivity contribution in [3.05, 3.63) is 35.9 Å². The van der Waals surface area contributed by atoms with Crippen LogP contribution >= 0.6 is 0 Å². The fourth-order valence-corrected chi connectivity index (χ4v) is 1.10. The zero-order valence-electron chi connectivity index (χ0n) is 7.40. The number of aliphatic hydroxyl groups is 1. The molecule has 1 rings (SSSR count). The molecule has 66 valence electrons. The van der Waals surface area contributed by atoms with E-state index in [1.54, 1.807) is 6.92 Å². The van der Waals surface area contributed by atoms with Crippen molar-refractivity contribution >= 4 is 0 Å². The smallest absolute Gasteiger partial charge is 0.152 e. The van der Waals surface area contributed by atoms with Crippen LogP contribution in [0.2, 0.25) is 0 Å². The number of hydrogen-bond acceptors (Lipinski definition) is 2. The van der Waals surface area contributed by atoms with Gasteiger partial charge in [0.25, 0.3) is 0 Å². The normalized spacial score (nSPS) is 15.6. The third-order valence-corrected chi connectivity index (χ3v) is 1.67. The Morgan fingerprint density at radius 3 is 2.25 bits per heavy atom. The van der Waals surface area contributed by atoms with Crippen molar-refractivity contribution in [1.82, 2.24) is 0 Å². The van der Waals surface area contributed by atoms with Crippen LogP contribution in [-0.2, 0) is 4.74 Å². The average molecular weight is 166 g/mol. The number of hydrogen-bond donors (Lipinski definition) is 1. The predicted octanol–water partition coefficient (Wildman–Crippen LogP) is 2.10. The van der Waals surface area contributed by atoms with Crippen LogP contribution in [-0.4, -0.2) is 11.4 Å². The lowest BCUT2D eigenvalue weighted by Crippen LogP contribution is -2.09. The van der Waals surface area contributed by atoms with E-state index in [9.17, 15) is 0 Å². The molecule has 1 aromatic carbocycles. The second-order valence-corrected chi connectivity index (χ2v) is 2.79. The summed E-state index contributed by atoms with van der Waals surface area (Å²) in [5.41, 5.74) is 1.08. The van der Waals surface area contributed by atoms with Gasteiger partial charge in [-0.2, -0.15) is 0 Å². The molecular formula is C10H14O2. The Morgan fingerprint density at radius 1 is 1.17 bits per heavy atom. The van der Waals surface area contributed by atoms with Crippen molar-refractivity contribution in [2.75, 3.05) is 0 Å². The van der Waals surface area contributed by atoms with Crippen molar-refractivity contribution in [2.45, 2.75) is 26.2 Å². The molecule has 0 bridgehead atoms. The molecule has 12 heavy (non-hydrogen) atoms. The highest BCUT2D eigenvalue weighted by molar-refractivity contribution is 5.16. The lowest BCUT2D eigenvalue weighted by atomic mass is 10.1. The van der Waals surface area contributed by atoms with Gasteiger partial charge >= 0.3 is 0 Å². The van der Waals surface area contributed by atoms with E-state index in [-0.39, 0.29) is 6.10 Å². The maximum atomic E-state index is 8.96. The molecule has 2 nitrogen and oxygen atoms in total. The second kappa shape index (κ2) is 4.24. The van der Waals surface area contributed by atoms with E-state index < -0.39 is 6.29 Å².